The minimum absolute atomic E-state index is 0.0310. The molecule has 244 valence electrons. The summed E-state index contributed by atoms with van der Waals surface area (Å²) < 4.78 is 16.7. The van der Waals surface area contributed by atoms with E-state index in [2.05, 4.69) is 22.5 Å². The second kappa shape index (κ2) is 17.2. The Morgan fingerprint density at radius 1 is 1.14 bits per heavy atom. The molecule has 0 radical (unpaired) electrons. The van der Waals surface area contributed by atoms with Crippen molar-refractivity contribution in [2.24, 2.45) is 11.8 Å². The van der Waals surface area contributed by atoms with Gasteiger partial charge in [-0.25, -0.2) is 4.79 Å². The molecular weight excluding hydrogens is 556 g/mol. The predicted molar refractivity (Wildman–Crippen MR) is 161 cm³/mol. The third-order valence-electron chi connectivity index (χ3n) is 7.60. The molecule has 2 aliphatic heterocycles. The van der Waals surface area contributed by atoms with Gasteiger partial charge in [-0.15, -0.1) is 6.58 Å². The topological polar surface area (TPSA) is 152 Å². The highest BCUT2D eigenvalue weighted by atomic mass is 16.6. The van der Waals surface area contributed by atoms with Gasteiger partial charge in [-0.3, -0.25) is 19.2 Å². The Balaban J connectivity index is 2.42. The molecule has 2 rings (SSSR count). The molecule has 3 N–H and O–H groups in total. The largest absolute Gasteiger partial charge is 0.450 e. The number of esters is 1. The van der Waals surface area contributed by atoms with Gasteiger partial charge >= 0.3 is 12.1 Å². The molecule has 4 amide bonds. The number of carbonyl (C=O) groups excluding carboxylic acids is 5. The van der Waals surface area contributed by atoms with E-state index in [-0.39, 0.29) is 25.0 Å². The molecule has 2 fully saturated rings. The molecule has 5 atom stereocenters. The van der Waals surface area contributed by atoms with Crippen LogP contribution in [0.15, 0.2) is 12.7 Å². The summed E-state index contributed by atoms with van der Waals surface area (Å²) in [7, 11) is 0. The molecule has 43 heavy (non-hydrogen) atoms. The monoisotopic (exact) mass is 608 g/mol. The van der Waals surface area contributed by atoms with E-state index < -0.39 is 59.6 Å². The first kappa shape index (κ1) is 36.0. The molecule has 12 nitrogen and oxygen atoms in total. The first-order chi connectivity index (χ1) is 20.2. The molecule has 0 saturated carbocycles. The van der Waals surface area contributed by atoms with E-state index in [0.29, 0.717) is 32.4 Å². The van der Waals surface area contributed by atoms with Gasteiger partial charge in [0.1, 0.15) is 17.7 Å². The van der Waals surface area contributed by atoms with Gasteiger partial charge in [-0.1, -0.05) is 45.6 Å². The molecule has 2 aliphatic rings. The lowest BCUT2D eigenvalue weighted by molar-refractivity contribution is -0.156. The van der Waals surface area contributed by atoms with E-state index in [1.165, 1.54) is 17.9 Å². The quantitative estimate of drug-likeness (QED) is 0.295. The molecule has 1 unspecified atom stereocenters. The summed E-state index contributed by atoms with van der Waals surface area (Å²) in [6, 6.07) is -2.71. The fourth-order valence-electron chi connectivity index (χ4n) is 5.32. The second-order valence-electron chi connectivity index (χ2n) is 12.8. The van der Waals surface area contributed by atoms with E-state index in [9.17, 15) is 24.0 Å². The molecule has 0 bridgehead atoms. The van der Waals surface area contributed by atoms with E-state index in [1.807, 2.05) is 13.8 Å². The number of ether oxygens (including phenoxy) is 3. The molecule has 0 aromatic carbocycles. The van der Waals surface area contributed by atoms with E-state index >= 15 is 0 Å². The standard InChI is InChI=1S/C31H52N4O8/c1-8-15-32-28(38)26(42-21(4)36)23-14-12-10-9-11-13-16-41-19-24(34-30(40)43-31(5,6)7)29(39)35-18-22(20(2)3)17-25(35)27(37)33-23/h8,20,22-26H,1,9-19H2,2-7H3,(H,32,38)(H,33,37)(H,34,40)/t22-,23+,24+,25+,26?/m1/s1. The van der Waals surface area contributed by atoms with Crippen molar-refractivity contribution in [3.05, 3.63) is 12.7 Å². The number of hydrogen-bond acceptors (Lipinski definition) is 8. The Labute approximate surface area is 256 Å². The van der Waals surface area contributed by atoms with Crippen molar-refractivity contribution in [3.8, 4) is 0 Å². The maximum Gasteiger partial charge on any atom is 0.408 e. The Kier molecular flexibility index (Phi) is 14.4. The van der Waals surface area contributed by atoms with E-state index in [0.717, 1.165) is 25.7 Å². The minimum atomic E-state index is -1.25. The number of rotatable bonds is 7. The number of nitrogens with one attached hydrogen (secondary N) is 3. The normalized spacial score (nSPS) is 25.2. The van der Waals surface area contributed by atoms with Crippen molar-refractivity contribution in [2.45, 2.75) is 116 Å². The summed E-state index contributed by atoms with van der Waals surface area (Å²) >= 11 is 0. The third-order valence-corrected chi connectivity index (χ3v) is 7.60. The van der Waals surface area contributed by atoms with Crippen molar-refractivity contribution in [1.29, 1.82) is 0 Å². The Hall–Kier alpha value is -3.15. The minimum Gasteiger partial charge on any atom is -0.450 e. The predicted octanol–water partition coefficient (Wildman–Crippen LogP) is 2.84. The van der Waals surface area contributed by atoms with Crippen LogP contribution in [-0.2, 0) is 33.4 Å². The first-order valence-corrected chi connectivity index (χ1v) is 15.5. The van der Waals surface area contributed by atoms with Crippen LogP contribution in [0.5, 0.6) is 0 Å². The van der Waals surface area contributed by atoms with Gasteiger partial charge in [-0.05, 0) is 51.9 Å². The summed E-state index contributed by atoms with van der Waals surface area (Å²) in [6.07, 6.45) is 4.42. The van der Waals surface area contributed by atoms with Gasteiger partial charge in [-0.2, -0.15) is 0 Å². The zero-order valence-electron chi connectivity index (χ0n) is 26.7. The van der Waals surface area contributed by atoms with Crippen LogP contribution in [0.25, 0.3) is 0 Å². The molecule has 0 aliphatic carbocycles. The van der Waals surface area contributed by atoms with Crippen molar-refractivity contribution < 1.29 is 38.2 Å². The molecule has 12 heteroatoms. The Morgan fingerprint density at radius 2 is 1.81 bits per heavy atom. The zero-order chi connectivity index (χ0) is 32.2. The van der Waals surface area contributed by atoms with E-state index in [4.69, 9.17) is 14.2 Å². The highest BCUT2D eigenvalue weighted by Crippen LogP contribution is 2.30. The van der Waals surface area contributed by atoms with E-state index in [1.54, 1.807) is 20.8 Å². The average molecular weight is 609 g/mol. The number of nitrogens with zero attached hydrogens (tertiary/aromatic N) is 1. The number of fused-ring (bicyclic) bond motifs is 1. The van der Waals surface area contributed by atoms with Gasteiger partial charge in [0.2, 0.25) is 11.8 Å². The number of carbonyl (C=O) groups is 5. The Morgan fingerprint density at radius 3 is 2.44 bits per heavy atom. The summed E-state index contributed by atoms with van der Waals surface area (Å²) in [5.74, 6) is -1.85. The van der Waals surface area contributed by atoms with Crippen LogP contribution in [0.4, 0.5) is 4.79 Å². The van der Waals surface area contributed by atoms with Crippen molar-refractivity contribution in [3.63, 3.8) is 0 Å². The summed E-state index contributed by atoms with van der Waals surface area (Å²) in [5.41, 5.74) is -0.767. The van der Waals surface area contributed by atoms with Gasteiger partial charge < -0.3 is 35.1 Å². The molecule has 0 spiro atoms. The summed E-state index contributed by atoms with van der Waals surface area (Å²) in [4.78, 5) is 67.1. The van der Waals surface area contributed by atoms with Gasteiger partial charge in [0.05, 0.1) is 12.6 Å². The lowest BCUT2D eigenvalue weighted by atomic mass is 9.93. The molecule has 0 aromatic rings. The van der Waals surface area contributed by atoms with Crippen molar-refractivity contribution in [2.75, 3.05) is 26.3 Å². The van der Waals surface area contributed by atoms with Crippen LogP contribution >= 0.6 is 0 Å². The molecule has 2 saturated heterocycles. The van der Waals surface area contributed by atoms with Gasteiger partial charge in [0.15, 0.2) is 6.10 Å². The smallest absolute Gasteiger partial charge is 0.408 e. The fraction of sp³-hybridized carbons (Fsp3) is 0.774. The van der Waals surface area contributed by atoms with Crippen molar-refractivity contribution in [1.82, 2.24) is 20.9 Å². The lowest BCUT2D eigenvalue weighted by Gasteiger charge is -2.32. The van der Waals surface area contributed by atoms with Crippen LogP contribution < -0.4 is 16.0 Å². The summed E-state index contributed by atoms with van der Waals surface area (Å²) in [5, 5.41) is 8.28. The number of amides is 4. The second-order valence-corrected chi connectivity index (χ2v) is 12.8. The fourth-order valence-corrected chi connectivity index (χ4v) is 5.32. The van der Waals surface area contributed by atoms with Crippen LogP contribution in [-0.4, -0.2) is 90.8 Å². The number of alkyl carbamates (subject to hydrolysis) is 1. The highest BCUT2D eigenvalue weighted by Gasteiger charge is 2.44. The van der Waals surface area contributed by atoms with Crippen LogP contribution in [0, 0.1) is 11.8 Å². The first-order valence-electron chi connectivity index (χ1n) is 15.5. The zero-order valence-corrected chi connectivity index (χ0v) is 26.7. The van der Waals surface area contributed by atoms with Crippen molar-refractivity contribution >= 4 is 29.8 Å². The van der Waals surface area contributed by atoms with Gasteiger partial charge in [0, 0.05) is 26.6 Å². The average Bonchev–Trinajstić information content (AvgIpc) is 3.36. The van der Waals surface area contributed by atoms with Gasteiger partial charge in [0.25, 0.3) is 5.91 Å². The molecule has 2 heterocycles. The lowest BCUT2D eigenvalue weighted by Crippen LogP contribution is -2.58. The maximum atomic E-state index is 14.0. The third kappa shape index (κ3) is 12.2. The number of hydrogen-bond donors (Lipinski definition) is 3. The summed E-state index contributed by atoms with van der Waals surface area (Å²) in [6.45, 7) is 14.9. The SMILES string of the molecule is C=CCNC(=O)C(OC(C)=O)[C@@H]1CCCCCCCOC[C@H](NC(=O)OC(C)(C)C)C(=O)N2C[C@H](C(C)C)C[C@H]2C(=O)N1. The Bertz CT molecular complexity index is 979. The maximum absolute atomic E-state index is 14.0. The highest BCUT2D eigenvalue weighted by molar-refractivity contribution is 5.93. The van der Waals surface area contributed by atoms with Crippen LogP contribution in [0.2, 0.25) is 0 Å². The molecule has 0 aromatic heterocycles. The van der Waals surface area contributed by atoms with Crippen LogP contribution in [0.3, 0.4) is 0 Å². The van der Waals surface area contributed by atoms with Crippen LogP contribution in [0.1, 0.15) is 86.5 Å². The molecular formula is C31H52N4O8.